The summed E-state index contributed by atoms with van der Waals surface area (Å²) in [6.07, 6.45) is 1.81. The van der Waals surface area contributed by atoms with Crippen molar-refractivity contribution in [3.05, 3.63) is 42.2 Å². The van der Waals surface area contributed by atoms with Gasteiger partial charge in [-0.3, -0.25) is 4.79 Å². The Bertz CT molecular complexity index is 1040. The molecule has 1 amide bonds. The van der Waals surface area contributed by atoms with Gasteiger partial charge in [-0.25, -0.2) is 4.98 Å². The van der Waals surface area contributed by atoms with Crippen molar-refractivity contribution in [3.8, 4) is 11.5 Å². The van der Waals surface area contributed by atoms with Gasteiger partial charge in [0.25, 0.3) is 5.91 Å². The van der Waals surface area contributed by atoms with E-state index in [1.54, 1.807) is 0 Å². The number of piperazine rings is 1. The molecule has 0 unspecified atom stereocenters. The van der Waals surface area contributed by atoms with Gasteiger partial charge >= 0.3 is 0 Å². The molecule has 2 N–H and O–H groups in total. The van der Waals surface area contributed by atoms with E-state index in [0.29, 0.717) is 30.6 Å². The smallest absolute Gasteiger partial charge is 0.270 e. The second-order valence-corrected chi connectivity index (χ2v) is 7.93. The number of ether oxygens (including phenoxy) is 2. The number of hydrogen-bond donors (Lipinski definition) is 2. The Kier molecular flexibility index (Phi) is 4.61. The first kappa shape index (κ1) is 18.6. The van der Waals surface area contributed by atoms with Crippen LogP contribution in [0, 0.1) is 0 Å². The third kappa shape index (κ3) is 3.38. The second-order valence-electron chi connectivity index (χ2n) is 7.93. The van der Waals surface area contributed by atoms with E-state index < -0.39 is 0 Å². The lowest BCUT2D eigenvalue weighted by Gasteiger charge is -2.36. The zero-order valence-corrected chi connectivity index (χ0v) is 17.1. The van der Waals surface area contributed by atoms with Gasteiger partial charge in [0.05, 0.1) is 5.69 Å². The number of benzene rings is 1. The second kappa shape index (κ2) is 7.44. The highest BCUT2D eigenvalue weighted by atomic mass is 16.7. The molecule has 3 aromatic rings. The zero-order valence-electron chi connectivity index (χ0n) is 17.1. The molecule has 8 heteroatoms. The van der Waals surface area contributed by atoms with Crippen molar-refractivity contribution >= 4 is 28.3 Å². The van der Waals surface area contributed by atoms with E-state index in [9.17, 15) is 4.79 Å². The molecule has 1 saturated heterocycles. The fourth-order valence-electron chi connectivity index (χ4n) is 4.00. The summed E-state index contributed by atoms with van der Waals surface area (Å²) in [5.74, 6) is 2.38. The fourth-order valence-corrected chi connectivity index (χ4v) is 4.00. The number of carbonyl (C=O) groups is 1. The molecule has 0 spiro atoms. The summed E-state index contributed by atoms with van der Waals surface area (Å²) in [5.41, 5.74) is 2.49. The van der Waals surface area contributed by atoms with E-state index in [1.807, 2.05) is 35.4 Å². The Morgan fingerprint density at radius 1 is 1.13 bits per heavy atom. The van der Waals surface area contributed by atoms with E-state index >= 15 is 0 Å². The maximum Gasteiger partial charge on any atom is 0.270 e. The Labute approximate surface area is 174 Å². The lowest BCUT2D eigenvalue weighted by molar-refractivity contribution is 0.0741. The fraction of sp³-hybridized carbons (Fsp3) is 0.364. The molecule has 0 aliphatic carbocycles. The molecule has 4 heterocycles. The van der Waals surface area contributed by atoms with Crippen LogP contribution >= 0.6 is 0 Å². The molecule has 2 aliphatic heterocycles. The van der Waals surface area contributed by atoms with Gasteiger partial charge in [-0.1, -0.05) is 0 Å². The summed E-state index contributed by atoms with van der Waals surface area (Å²) >= 11 is 0. The van der Waals surface area contributed by atoms with Crippen LogP contribution in [0.5, 0.6) is 11.5 Å². The summed E-state index contributed by atoms with van der Waals surface area (Å²) < 4.78 is 10.9. The first-order valence-electron chi connectivity index (χ1n) is 10.3. The number of amides is 1. The average molecular weight is 407 g/mol. The third-order valence-electron chi connectivity index (χ3n) is 5.44. The van der Waals surface area contributed by atoms with Crippen LogP contribution in [0.25, 0.3) is 10.9 Å². The minimum atomic E-state index is 0.00870. The number of hydrogen-bond acceptors (Lipinski definition) is 6. The number of nitrogens with zero attached hydrogens (tertiary/aromatic N) is 3. The van der Waals surface area contributed by atoms with E-state index in [-0.39, 0.29) is 12.7 Å². The first-order chi connectivity index (χ1) is 14.6. The molecule has 2 aromatic heterocycles. The molecule has 1 fully saturated rings. The minimum absolute atomic E-state index is 0.00870. The third-order valence-corrected chi connectivity index (χ3v) is 5.44. The van der Waals surface area contributed by atoms with E-state index in [1.165, 1.54) is 0 Å². The van der Waals surface area contributed by atoms with E-state index in [2.05, 4.69) is 40.1 Å². The van der Waals surface area contributed by atoms with Crippen LogP contribution in [0.1, 0.15) is 24.3 Å². The highest BCUT2D eigenvalue weighted by Crippen LogP contribution is 2.36. The number of rotatable bonds is 4. The monoisotopic (exact) mass is 407 g/mol. The van der Waals surface area contributed by atoms with Gasteiger partial charge in [-0.15, -0.1) is 0 Å². The van der Waals surface area contributed by atoms with Crippen LogP contribution < -0.4 is 19.7 Å². The number of fused-ring (bicyclic) bond motifs is 2. The highest BCUT2D eigenvalue weighted by molar-refractivity contribution is 5.99. The van der Waals surface area contributed by atoms with Crippen molar-refractivity contribution in [2.24, 2.45) is 0 Å². The molecule has 5 rings (SSSR count). The standard InChI is InChI=1S/C22H25N5O3/c1-14(2)24-16-4-3-5-23-21(16)26-6-8-27(9-7-26)22(28)18-10-15-11-19-20(30-13-29-19)12-17(15)25-18/h3-5,10-12,14,24-25H,6-9,13H2,1-2H3. The Morgan fingerprint density at radius 3 is 2.67 bits per heavy atom. The van der Waals surface area contributed by atoms with Crippen molar-refractivity contribution < 1.29 is 14.3 Å². The SMILES string of the molecule is CC(C)Nc1cccnc1N1CCN(C(=O)c2cc3cc4c(cc3[nH]2)OCO4)CC1. The zero-order chi connectivity index (χ0) is 20.7. The molecule has 1 aromatic carbocycles. The summed E-state index contributed by atoms with van der Waals surface area (Å²) in [7, 11) is 0. The quantitative estimate of drug-likeness (QED) is 0.692. The van der Waals surface area contributed by atoms with Gasteiger partial charge in [-0.2, -0.15) is 0 Å². The van der Waals surface area contributed by atoms with Crippen molar-refractivity contribution in [1.82, 2.24) is 14.9 Å². The van der Waals surface area contributed by atoms with Gasteiger partial charge in [0.1, 0.15) is 5.69 Å². The van der Waals surface area contributed by atoms with Crippen molar-refractivity contribution in [1.29, 1.82) is 0 Å². The predicted octanol–water partition coefficient (Wildman–Crippen LogP) is 3.07. The Balaban J connectivity index is 1.29. The summed E-state index contributed by atoms with van der Waals surface area (Å²) in [6.45, 7) is 7.24. The number of pyridine rings is 1. The van der Waals surface area contributed by atoms with Gasteiger partial charge in [0, 0.05) is 55.4 Å². The number of aromatic amines is 1. The van der Waals surface area contributed by atoms with Crippen molar-refractivity contribution in [2.45, 2.75) is 19.9 Å². The van der Waals surface area contributed by atoms with Crippen LogP contribution in [0.2, 0.25) is 0 Å². The summed E-state index contributed by atoms with van der Waals surface area (Å²) in [6, 6.07) is 10.00. The molecule has 0 saturated carbocycles. The average Bonchev–Trinajstić information content (AvgIpc) is 3.37. The van der Waals surface area contributed by atoms with Gasteiger partial charge in [-0.05, 0) is 38.1 Å². The maximum absolute atomic E-state index is 13.1. The molecule has 30 heavy (non-hydrogen) atoms. The normalized spacial score (nSPS) is 15.8. The molecule has 0 bridgehead atoms. The first-order valence-corrected chi connectivity index (χ1v) is 10.3. The van der Waals surface area contributed by atoms with Gasteiger partial charge in [0.15, 0.2) is 17.3 Å². The molecule has 2 aliphatic rings. The molecule has 0 atom stereocenters. The molecule has 0 radical (unpaired) electrons. The summed E-state index contributed by atoms with van der Waals surface area (Å²) in [4.78, 5) is 25.0. The van der Waals surface area contributed by atoms with Crippen molar-refractivity contribution in [3.63, 3.8) is 0 Å². The minimum Gasteiger partial charge on any atom is -0.454 e. The molecular formula is C22H25N5O3. The number of nitrogens with one attached hydrogen (secondary N) is 2. The lowest BCUT2D eigenvalue weighted by atomic mass is 10.2. The van der Waals surface area contributed by atoms with E-state index in [0.717, 1.165) is 41.2 Å². The van der Waals surface area contributed by atoms with Crippen LogP contribution in [0.15, 0.2) is 36.5 Å². The number of H-pyrrole nitrogens is 1. The number of carbonyl (C=O) groups excluding carboxylic acids is 1. The molecule has 8 nitrogen and oxygen atoms in total. The van der Waals surface area contributed by atoms with Gasteiger partial charge < -0.3 is 29.6 Å². The number of aromatic nitrogens is 2. The topological polar surface area (TPSA) is 82.7 Å². The van der Waals surface area contributed by atoms with Crippen LogP contribution in [-0.4, -0.2) is 59.8 Å². The van der Waals surface area contributed by atoms with Gasteiger partial charge in [0.2, 0.25) is 6.79 Å². The van der Waals surface area contributed by atoms with Crippen LogP contribution in [-0.2, 0) is 0 Å². The highest BCUT2D eigenvalue weighted by Gasteiger charge is 2.26. The molecule has 156 valence electrons. The largest absolute Gasteiger partial charge is 0.454 e. The van der Waals surface area contributed by atoms with Crippen LogP contribution in [0.4, 0.5) is 11.5 Å². The Hall–Kier alpha value is -3.42. The van der Waals surface area contributed by atoms with Crippen molar-refractivity contribution in [2.75, 3.05) is 43.2 Å². The lowest BCUT2D eigenvalue weighted by Crippen LogP contribution is -2.49. The molecular weight excluding hydrogens is 382 g/mol. The van der Waals surface area contributed by atoms with Crippen LogP contribution in [0.3, 0.4) is 0 Å². The Morgan fingerprint density at radius 2 is 1.90 bits per heavy atom. The predicted molar refractivity (Wildman–Crippen MR) is 116 cm³/mol. The number of anilines is 2. The maximum atomic E-state index is 13.1. The van der Waals surface area contributed by atoms with E-state index in [4.69, 9.17) is 9.47 Å². The summed E-state index contributed by atoms with van der Waals surface area (Å²) in [5, 5.41) is 4.40.